The zero-order valence-corrected chi connectivity index (χ0v) is 32.1. The number of halogens is 1. The van der Waals surface area contributed by atoms with Crippen LogP contribution in [0.15, 0.2) is 66.7 Å². The first kappa shape index (κ1) is 51.3. The van der Waals surface area contributed by atoms with E-state index in [0.29, 0.717) is 35.2 Å². The highest BCUT2D eigenvalue weighted by molar-refractivity contribution is 5.92. The van der Waals surface area contributed by atoms with Gasteiger partial charge in [-0.3, -0.25) is 14.4 Å². The van der Waals surface area contributed by atoms with Gasteiger partial charge in [-0.15, -0.1) is 12.4 Å². The summed E-state index contributed by atoms with van der Waals surface area (Å²) in [6.07, 6.45) is 7.13. The molecule has 0 amide bonds. The predicted molar refractivity (Wildman–Crippen MR) is 202 cm³/mol. The Morgan fingerprint density at radius 2 is 1.12 bits per heavy atom. The number of Topliss-reactive ketones (excluding diaryl/α,β-unsaturated/α-hetero) is 1. The molecule has 0 radical (unpaired) electrons. The molecule has 0 atom stereocenters. The lowest BCUT2D eigenvalue weighted by molar-refractivity contribution is -0.282. The van der Waals surface area contributed by atoms with Gasteiger partial charge >= 0.3 is 0 Å². The fourth-order valence-electron chi connectivity index (χ4n) is 3.33. The number of aliphatic hydroxyl groups excluding tert-OH is 1. The molecule has 0 fully saturated rings. The second-order valence-corrected chi connectivity index (χ2v) is 9.81. The van der Waals surface area contributed by atoms with Crippen molar-refractivity contribution in [1.29, 1.82) is 0 Å². The summed E-state index contributed by atoms with van der Waals surface area (Å²) in [5, 5.41) is 16.3. The van der Waals surface area contributed by atoms with Crippen molar-refractivity contribution >= 4 is 48.2 Å². The lowest BCUT2D eigenvalue weighted by Crippen LogP contribution is -2.00. The maximum absolute atomic E-state index is 10.8. The van der Waals surface area contributed by atoms with Gasteiger partial charge in [-0.25, -0.2) is 9.78 Å². The number of phenols is 1. The van der Waals surface area contributed by atoms with Crippen LogP contribution in [0.25, 0.3) is 12.2 Å². The van der Waals surface area contributed by atoms with Crippen LogP contribution in [0, 0.1) is 0 Å². The van der Waals surface area contributed by atoms with Gasteiger partial charge in [0, 0.05) is 25.3 Å². The Morgan fingerprint density at radius 1 is 0.654 bits per heavy atom. The van der Waals surface area contributed by atoms with Gasteiger partial charge in [-0.2, -0.15) is 0 Å². The molecule has 2 N–H and O–H groups in total. The minimum atomic E-state index is -0.0166. The monoisotopic (exact) mass is 750 g/mol. The topological polar surface area (TPSA) is 173 Å². The second kappa shape index (κ2) is 31.9. The van der Waals surface area contributed by atoms with Crippen molar-refractivity contribution in [1.82, 2.24) is 0 Å². The zero-order chi connectivity index (χ0) is 39.2. The number of ether oxygens (including phenoxy) is 5. The number of aromatic hydroxyl groups is 1. The van der Waals surface area contributed by atoms with Crippen molar-refractivity contribution in [3.63, 3.8) is 0 Å². The first-order valence-corrected chi connectivity index (χ1v) is 15.1. The number of aldehydes is 1. The first-order chi connectivity index (χ1) is 24.3. The third-order valence-electron chi connectivity index (χ3n) is 5.52. The molecule has 0 saturated carbocycles. The van der Waals surface area contributed by atoms with Gasteiger partial charge in [0.05, 0.1) is 28.4 Å². The van der Waals surface area contributed by atoms with E-state index in [4.69, 9.17) is 33.7 Å². The maximum Gasteiger partial charge on any atom is 0.188 e. The van der Waals surface area contributed by atoms with Gasteiger partial charge in [0.1, 0.15) is 24.4 Å². The lowest BCUT2D eigenvalue weighted by Gasteiger charge is -2.10. The quantitative estimate of drug-likeness (QED) is 0.0602. The Kier molecular flexibility index (Phi) is 31.5. The summed E-state index contributed by atoms with van der Waals surface area (Å²) in [4.78, 5) is 50.7. The van der Waals surface area contributed by atoms with Crippen LogP contribution in [-0.2, 0) is 35.5 Å². The van der Waals surface area contributed by atoms with Crippen molar-refractivity contribution in [2.75, 3.05) is 49.5 Å². The standard InChI is InChI=1S/C13H16O4.C11H12O3.C10H12O4.C3H6O.CH4O.ClH/c1-10(14)4-5-11-6-7-12(17-9-15-2)13(8-11)16-3;1-8(12)3-4-9-5-6-10(13)11(7-9)14-2;1-12-10-5-8(6-11)3-4-9(10)7-14-13-2;1-3(2)4;1-2;/h4-8H,9H2,1-3H3;3-7,13H,1-2H3;3-6H,7H2,1-2H3;1-2H3;2H,1H3;1H/b5-4+;4-3+;;;;. The number of aliphatic hydroxyl groups is 1. The van der Waals surface area contributed by atoms with Crippen LogP contribution in [0.3, 0.4) is 0 Å². The average Bonchev–Trinajstić information content (AvgIpc) is 3.13. The van der Waals surface area contributed by atoms with Gasteiger partial charge in [0.15, 0.2) is 41.4 Å². The van der Waals surface area contributed by atoms with Crippen molar-refractivity contribution < 1.29 is 62.9 Å². The number of hydrogen-bond donors (Lipinski definition) is 2. The van der Waals surface area contributed by atoms with E-state index < -0.39 is 0 Å². The largest absolute Gasteiger partial charge is 0.504 e. The highest BCUT2D eigenvalue weighted by atomic mass is 35.5. The Balaban J connectivity index is -0.000000639. The summed E-state index contributed by atoms with van der Waals surface area (Å²) >= 11 is 0. The Morgan fingerprint density at radius 3 is 1.56 bits per heavy atom. The normalized spacial score (nSPS) is 9.52. The van der Waals surface area contributed by atoms with Crippen LogP contribution < -0.4 is 18.9 Å². The molecule has 3 aromatic rings. The number of allylic oxidation sites excluding steroid dienone is 2. The third kappa shape index (κ3) is 24.2. The number of methoxy groups -OCH3 is 4. The summed E-state index contributed by atoms with van der Waals surface area (Å²) in [6.45, 7) is 6.50. The molecular weight excluding hydrogens is 700 g/mol. The van der Waals surface area contributed by atoms with E-state index >= 15 is 0 Å². The van der Waals surface area contributed by atoms with Gasteiger partial charge in [0.25, 0.3) is 0 Å². The van der Waals surface area contributed by atoms with Crippen molar-refractivity contribution in [3.8, 4) is 28.7 Å². The molecule has 0 spiro atoms. The lowest BCUT2D eigenvalue weighted by atomic mass is 10.1. The van der Waals surface area contributed by atoms with Crippen molar-refractivity contribution in [2.24, 2.45) is 0 Å². The molecule has 0 unspecified atom stereocenters. The van der Waals surface area contributed by atoms with Gasteiger partial charge in [-0.05, 0) is 81.3 Å². The number of carbonyl (C=O) groups excluding carboxylic acids is 4. The maximum atomic E-state index is 10.8. The molecule has 0 aliphatic carbocycles. The molecule has 0 aliphatic heterocycles. The molecule has 0 aromatic heterocycles. The minimum absolute atomic E-state index is 0. The summed E-state index contributed by atoms with van der Waals surface area (Å²) < 4.78 is 25.3. The number of phenolic OH excluding ortho intramolecular Hbond substituents is 1. The fourth-order valence-corrected chi connectivity index (χ4v) is 3.33. The van der Waals surface area contributed by atoms with Gasteiger partial charge in [0.2, 0.25) is 0 Å². The molecule has 3 rings (SSSR count). The van der Waals surface area contributed by atoms with Crippen LogP contribution >= 0.6 is 12.4 Å². The number of rotatable bonds is 14. The van der Waals surface area contributed by atoms with Crippen LogP contribution in [0.5, 0.6) is 28.7 Å². The third-order valence-corrected chi connectivity index (χ3v) is 5.52. The predicted octanol–water partition coefficient (Wildman–Crippen LogP) is 6.49. The van der Waals surface area contributed by atoms with E-state index in [1.54, 1.807) is 75.9 Å². The Hall–Kier alpha value is -5.05. The molecule has 3 aromatic carbocycles. The van der Waals surface area contributed by atoms with Crippen molar-refractivity contribution in [2.45, 2.75) is 34.3 Å². The molecule has 0 bridgehead atoms. The Bertz CT molecular complexity index is 1530. The van der Waals surface area contributed by atoms with E-state index in [1.165, 1.54) is 60.1 Å². The van der Waals surface area contributed by atoms with Gasteiger partial charge in [-0.1, -0.05) is 36.4 Å². The summed E-state index contributed by atoms with van der Waals surface area (Å²) in [5.41, 5.74) is 3.10. The molecule has 288 valence electrons. The first-order valence-electron chi connectivity index (χ1n) is 15.1. The molecule has 13 nitrogen and oxygen atoms in total. The fraction of sp³-hybridized carbons (Fsp3) is 0.316. The van der Waals surface area contributed by atoms with Crippen molar-refractivity contribution in [3.05, 3.63) is 89.0 Å². The molecule has 14 heteroatoms. The molecule has 52 heavy (non-hydrogen) atoms. The molecular formula is C38H51ClO13. The van der Waals surface area contributed by atoms with Gasteiger partial charge < -0.3 is 38.7 Å². The van der Waals surface area contributed by atoms with E-state index in [9.17, 15) is 24.3 Å². The molecule has 0 heterocycles. The van der Waals surface area contributed by atoms with Crippen LogP contribution in [0.1, 0.15) is 54.7 Å². The molecule has 0 saturated heterocycles. The number of carbonyl (C=O) groups is 4. The number of hydrogen-bond acceptors (Lipinski definition) is 13. The average molecular weight is 751 g/mol. The number of benzene rings is 3. The highest BCUT2D eigenvalue weighted by Gasteiger charge is 2.05. The summed E-state index contributed by atoms with van der Waals surface area (Å²) in [5.74, 6) is 2.47. The van der Waals surface area contributed by atoms with E-state index in [0.717, 1.165) is 30.1 Å². The summed E-state index contributed by atoms with van der Waals surface area (Å²) in [6, 6.07) is 15.4. The number of ketones is 3. The van der Waals surface area contributed by atoms with Crippen LogP contribution in [-0.4, -0.2) is 83.3 Å². The SMILES string of the molecule is CC(C)=O.CO.COCOc1ccc(/C=C/C(C)=O)cc1OC.COOCc1ccc(C=O)cc1OC.COc1cc(/C=C/C(C)=O)ccc1O.Cl. The van der Waals surface area contributed by atoms with E-state index in [2.05, 4.69) is 4.89 Å². The molecule has 0 aliphatic rings. The minimum Gasteiger partial charge on any atom is -0.504 e. The summed E-state index contributed by atoms with van der Waals surface area (Å²) in [7, 11) is 8.57. The second-order valence-electron chi connectivity index (χ2n) is 9.81. The zero-order valence-electron chi connectivity index (χ0n) is 31.3. The highest BCUT2D eigenvalue weighted by Crippen LogP contribution is 2.29. The van der Waals surface area contributed by atoms with E-state index in [-0.39, 0.29) is 42.3 Å². The smallest absolute Gasteiger partial charge is 0.188 e. The Labute approximate surface area is 312 Å². The van der Waals surface area contributed by atoms with E-state index in [1.807, 2.05) is 6.07 Å². The van der Waals surface area contributed by atoms with Crippen LogP contribution in [0.4, 0.5) is 0 Å². The van der Waals surface area contributed by atoms with Crippen LogP contribution in [0.2, 0.25) is 0 Å².